The van der Waals surface area contributed by atoms with Crippen molar-refractivity contribution in [2.24, 2.45) is 4.99 Å². The van der Waals surface area contributed by atoms with Crippen LogP contribution in [0.4, 0.5) is 11.4 Å². The van der Waals surface area contributed by atoms with Gasteiger partial charge in [-0.1, -0.05) is 36.4 Å². The number of rotatable bonds is 7. The van der Waals surface area contributed by atoms with Crippen LogP contribution >= 0.6 is 11.8 Å². The predicted octanol–water partition coefficient (Wildman–Crippen LogP) is 5.94. The molecule has 0 unspecified atom stereocenters. The number of aryl methyl sites for hydroxylation is 2. The minimum Gasteiger partial charge on any atom is -0.484 e. The molecule has 3 aromatic rings. The third-order valence-corrected chi connectivity index (χ3v) is 6.51. The Bertz CT molecular complexity index is 1300. The van der Waals surface area contributed by atoms with Gasteiger partial charge in [0, 0.05) is 12.2 Å². The highest BCUT2D eigenvalue weighted by Crippen LogP contribution is 2.34. The third kappa shape index (κ3) is 6.19. The summed E-state index contributed by atoms with van der Waals surface area (Å²) in [6.45, 7) is 6.39. The molecule has 178 valence electrons. The average molecular weight is 486 g/mol. The highest BCUT2D eigenvalue weighted by molar-refractivity contribution is 8.18. The molecule has 4 rings (SSSR count). The van der Waals surface area contributed by atoms with Gasteiger partial charge < -0.3 is 10.1 Å². The topological polar surface area (TPSA) is 71.0 Å². The largest absolute Gasteiger partial charge is 0.484 e. The fourth-order valence-corrected chi connectivity index (χ4v) is 4.56. The molecule has 1 saturated heterocycles. The van der Waals surface area contributed by atoms with Crippen molar-refractivity contribution in [3.05, 3.63) is 94.4 Å². The zero-order valence-corrected chi connectivity index (χ0v) is 20.8. The number of benzene rings is 3. The van der Waals surface area contributed by atoms with Crippen LogP contribution in [0.2, 0.25) is 0 Å². The Morgan fingerprint density at radius 1 is 1.03 bits per heavy atom. The second kappa shape index (κ2) is 11.1. The lowest BCUT2D eigenvalue weighted by Gasteiger charge is -2.11. The Labute approximate surface area is 209 Å². The van der Waals surface area contributed by atoms with E-state index in [0.717, 1.165) is 22.5 Å². The first-order valence-electron chi connectivity index (χ1n) is 11.4. The lowest BCUT2D eigenvalue weighted by Crippen LogP contribution is -2.28. The van der Waals surface area contributed by atoms with Crippen LogP contribution in [-0.4, -0.2) is 35.0 Å². The van der Waals surface area contributed by atoms with Gasteiger partial charge in [-0.25, -0.2) is 4.99 Å². The van der Waals surface area contributed by atoms with Gasteiger partial charge in [-0.3, -0.25) is 14.5 Å². The number of hydrogen-bond acceptors (Lipinski definition) is 5. The summed E-state index contributed by atoms with van der Waals surface area (Å²) in [7, 11) is 0. The Hall–Kier alpha value is -3.84. The average Bonchev–Trinajstić information content (AvgIpc) is 3.14. The van der Waals surface area contributed by atoms with Crippen molar-refractivity contribution in [1.82, 2.24) is 4.90 Å². The first-order chi connectivity index (χ1) is 16.9. The monoisotopic (exact) mass is 485 g/mol. The molecule has 0 bridgehead atoms. The summed E-state index contributed by atoms with van der Waals surface area (Å²) in [4.78, 5) is 32.2. The molecule has 1 aliphatic rings. The van der Waals surface area contributed by atoms with Crippen molar-refractivity contribution in [3.63, 3.8) is 0 Å². The fourth-order valence-electron chi connectivity index (χ4n) is 3.49. The van der Waals surface area contributed by atoms with E-state index in [2.05, 4.69) is 10.3 Å². The summed E-state index contributed by atoms with van der Waals surface area (Å²) in [5.41, 5.74) is 4.64. The van der Waals surface area contributed by atoms with Crippen molar-refractivity contribution in [3.8, 4) is 5.75 Å². The Morgan fingerprint density at radius 3 is 2.57 bits per heavy atom. The van der Waals surface area contributed by atoms with E-state index in [0.29, 0.717) is 22.4 Å². The van der Waals surface area contributed by atoms with Crippen LogP contribution in [0.1, 0.15) is 23.6 Å². The van der Waals surface area contributed by atoms with Crippen LogP contribution in [0.25, 0.3) is 6.08 Å². The number of anilines is 1. The van der Waals surface area contributed by atoms with Crippen LogP contribution in [0.5, 0.6) is 5.75 Å². The smallest absolute Gasteiger partial charge is 0.266 e. The minimum absolute atomic E-state index is 0.0775. The standard InChI is InChI=1S/C28H27N3O3S/c1-4-31-27(33)25(35-28(31)30-22-10-6-5-7-11-22)17-21-9-8-12-24(16-21)34-18-26(32)29-23-14-13-19(2)20(3)15-23/h5-17H,4,18H2,1-3H3,(H,29,32)/b25-17-,30-28?. The number of thioether (sulfide) groups is 1. The lowest BCUT2D eigenvalue weighted by atomic mass is 10.1. The first kappa shape index (κ1) is 24.3. The van der Waals surface area contributed by atoms with Gasteiger partial charge in [-0.05, 0) is 91.7 Å². The predicted molar refractivity (Wildman–Crippen MR) is 143 cm³/mol. The maximum absolute atomic E-state index is 12.9. The number of amidine groups is 1. The third-order valence-electron chi connectivity index (χ3n) is 5.50. The lowest BCUT2D eigenvalue weighted by molar-refractivity contribution is -0.122. The molecule has 35 heavy (non-hydrogen) atoms. The van der Waals surface area contributed by atoms with Crippen LogP contribution in [0, 0.1) is 13.8 Å². The van der Waals surface area contributed by atoms with Crippen molar-refractivity contribution < 1.29 is 14.3 Å². The molecule has 7 heteroatoms. The van der Waals surface area contributed by atoms with Gasteiger partial charge in [-0.15, -0.1) is 0 Å². The summed E-state index contributed by atoms with van der Waals surface area (Å²) < 4.78 is 5.70. The number of ether oxygens (including phenoxy) is 1. The van der Waals surface area contributed by atoms with Crippen molar-refractivity contribution in [2.75, 3.05) is 18.5 Å². The Balaban J connectivity index is 1.43. The first-order valence-corrected chi connectivity index (χ1v) is 12.2. The molecule has 2 amide bonds. The number of nitrogens with one attached hydrogen (secondary N) is 1. The molecular weight excluding hydrogens is 458 g/mol. The summed E-state index contributed by atoms with van der Waals surface area (Å²) in [6, 6.07) is 22.7. The molecule has 6 nitrogen and oxygen atoms in total. The molecule has 0 saturated carbocycles. The summed E-state index contributed by atoms with van der Waals surface area (Å²) in [5, 5.41) is 3.51. The van der Waals surface area contributed by atoms with Crippen molar-refractivity contribution >= 4 is 46.2 Å². The highest BCUT2D eigenvalue weighted by Gasteiger charge is 2.32. The van der Waals surface area contributed by atoms with Gasteiger partial charge in [0.25, 0.3) is 11.8 Å². The van der Waals surface area contributed by atoms with E-state index in [1.54, 1.807) is 11.0 Å². The van der Waals surface area contributed by atoms with Crippen LogP contribution < -0.4 is 10.1 Å². The number of aliphatic imine (C=N–C) groups is 1. The SMILES string of the molecule is CCN1C(=O)/C(=C/c2cccc(OCC(=O)Nc3ccc(C)c(C)c3)c2)SC1=Nc1ccccc1. The molecule has 0 radical (unpaired) electrons. The highest BCUT2D eigenvalue weighted by atomic mass is 32.2. The van der Waals surface area contributed by atoms with E-state index < -0.39 is 0 Å². The van der Waals surface area contributed by atoms with Gasteiger partial charge in [-0.2, -0.15) is 0 Å². The van der Waals surface area contributed by atoms with Crippen LogP contribution in [0.15, 0.2) is 82.7 Å². The number of likely N-dealkylation sites (N-methyl/N-ethyl adjacent to an activating group) is 1. The van der Waals surface area contributed by atoms with Gasteiger partial charge in [0.15, 0.2) is 11.8 Å². The molecule has 1 fully saturated rings. The van der Waals surface area contributed by atoms with E-state index in [-0.39, 0.29) is 18.4 Å². The fraction of sp³-hybridized carbons (Fsp3) is 0.179. The Kier molecular flexibility index (Phi) is 7.67. The number of nitrogens with zero attached hydrogens (tertiary/aromatic N) is 2. The van der Waals surface area contributed by atoms with E-state index in [4.69, 9.17) is 4.74 Å². The van der Waals surface area contributed by atoms with Gasteiger partial charge >= 0.3 is 0 Å². The number of amides is 2. The molecule has 1 heterocycles. The number of carbonyl (C=O) groups excluding carboxylic acids is 2. The van der Waals surface area contributed by atoms with Crippen molar-refractivity contribution in [2.45, 2.75) is 20.8 Å². The summed E-state index contributed by atoms with van der Waals surface area (Å²) in [6.07, 6.45) is 1.82. The second-order valence-electron chi connectivity index (χ2n) is 8.10. The second-order valence-corrected chi connectivity index (χ2v) is 9.11. The summed E-state index contributed by atoms with van der Waals surface area (Å²) >= 11 is 1.35. The van der Waals surface area contributed by atoms with E-state index in [1.165, 1.54) is 17.3 Å². The van der Waals surface area contributed by atoms with Crippen molar-refractivity contribution in [1.29, 1.82) is 0 Å². The minimum atomic E-state index is -0.237. The number of para-hydroxylation sites is 1. The molecule has 0 aromatic heterocycles. The molecule has 0 aliphatic carbocycles. The van der Waals surface area contributed by atoms with E-state index in [1.807, 2.05) is 93.6 Å². The van der Waals surface area contributed by atoms with E-state index >= 15 is 0 Å². The maximum Gasteiger partial charge on any atom is 0.266 e. The van der Waals surface area contributed by atoms with Crippen LogP contribution in [0.3, 0.4) is 0 Å². The van der Waals surface area contributed by atoms with Gasteiger partial charge in [0.05, 0.1) is 10.6 Å². The zero-order valence-electron chi connectivity index (χ0n) is 19.9. The van der Waals surface area contributed by atoms with Gasteiger partial charge in [0.2, 0.25) is 0 Å². The molecular formula is C28H27N3O3S. The molecule has 1 aliphatic heterocycles. The van der Waals surface area contributed by atoms with Gasteiger partial charge in [0.1, 0.15) is 5.75 Å². The zero-order chi connectivity index (χ0) is 24.8. The van der Waals surface area contributed by atoms with Crippen LogP contribution in [-0.2, 0) is 9.59 Å². The molecule has 1 N–H and O–H groups in total. The Morgan fingerprint density at radius 2 is 1.83 bits per heavy atom. The molecule has 3 aromatic carbocycles. The van der Waals surface area contributed by atoms with E-state index in [9.17, 15) is 9.59 Å². The quantitative estimate of drug-likeness (QED) is 0.420. The number of hydrogen-bond donors (Lipinski definition) is 1. The molecule has 0 spiro atoms. The normalized spacial score (nSPS) is 15.6. The summed E-state index contributed by atoms with van der Waals surface area (Å²) in [5.74, 6) is 0.237. The number of carbonyl (C=O) groups is 2. The molecule has 0 atom stereocenters. The maximum atomic E-state index is 12.9.